The standard InChI is InChI=1S/C9H8Cl3N/c10-4-1-5-13-9-6-7(11)2-3-8(9)12/h1-4,6,13H,5H2/b4-1+. The summed E-state index contributed by atoms with van der Waals surface area (Å²) >= 11 is 17.0. The minimum Gasteiger partial charge on any atom is -0.380 e. The Labute approximate surface area is 92.3 Å². The summed E-state index contributed by atoms with van der Waals surface area (Å²) < 4.78 is 0. The average Bonchev–Trinajstić information content (AvgIpc) is 2.11. The fourth-order valence-electron chi connectivity index (χ4n) is 0.846. The van der Waals surface area contributed by atoms with Crippen LogP contribution in [-0.4, -0.2) is 6.54 Å². The predicted octanol–water partition coefficient (Wildman–Crippen LogP) is 4.16. The van der Waals surface area contributed by atoms with Crippen molar-refractivity contribution in [1.29, 1.82) is 0 Å². The lowest BCUT2D eigenvalue weighted by Crippen LogP contribution is -1.98. The molecule has 1 rings (SSSR count). The largest absolute Gasteiger partial charge is 0.380 e. The highest BCUT2D eigenvalue weighted by Gasteiger charge is 1.98. The van der Waals surface area contributed by atoms with Gasteiger partial charge in [-0.05, 0) is 18.2 Å². The molecule has 1 N–H and O–H groups in total. The van der Waals surface area contributed by atoms with Gasteiger partial charge in [-0.25, -0.2) is 0 Å². The number of halogens is 3. The highest BCUT2D eigenvalue weighted by atomic mass is 35.5. The van der Waals surface area contributed by atoms with E-state index in [1.165, 1.54) is 5.54 Å². The Kier molecular flexibility index (Phi) is 4.43. The summed E-state index contributed by atoms with van der Waals surface area (Å²) in [6.45, 7) is 0.629. The molecule has 70 valence electrons. The SMILES string of the molecule is Cl/C=C/CNc1cc(Cl)ccc1Cl. The van der Waals surface area contributed by atoms with Gasteiger partial charge in [-0.2, -0.15) is 0 Å². The Morgan fingerprint density at radius 2 is 2.08 bits per heavy atom. The lowest BCUT2D eigenvalue weighted by molar-refractivity contribution is 1.34. The summed E-state index contributed by atoms with van der Waals surface area (Å²) in [6.07, 6.45) is 1.78. The molecule has 0 amide bonds. The van der Waals surface area contributed by atoms with Crippen molar-refractivity contribution < 1.29 is 0 Å². The van der Waals surface area contributed by atoms with E-state index < -0.39 is 0 Å². The topological polar surface area (TPSA) is 12.0 Å². The number of rotatable bonds is 3. The first-order valence-electron chi connectivity index (χ1n) is 3.68. The van der Waals surface area contributed by atoms with Gasteiger partial charge in [0.25, 0.3) is 0 Å². The minimum atomic E-state index is 0.629. The number of hydrogen-bond acceptors (Lipinski definition) is 1. The van der Waals surface area contributed by atoms with Crippen molar-refractivity contribution in [1.82, 2.24) is 0 Å². The van der Waals surface area contributed by atoms with Crippen LogP contribution in [-0.2, 0) is 0 Å². The van der Waals surface area contributed by atoms with Crippen LogP contribution in [0.25, 0.3) is 0 Å². The summed E-state index contributed by atoms with van der Waals surface area (Å²) in [4.78, 5) is 0. The maximum absolute atomic E-state index is 5.90. The fourth-order valence-corrected chi connectivity index (χ4v) is 1.29. The molecule has 0 fully saturated rings. The van der Waals surface area contributed by atoms with Crippen molar-refractivity contribution >= 4 is 40.5 Å². The van der Waals surface area contributed by atoms with Crippen LogP contribution in [0.2, 0.25) is 10.0 Å². The first kappa shape index (κ1) is 10.7. The molecule has 1 nitrogen and oxygen atoms in total. The molecule has 0 radical (unpaired) electrons. The van der Waals surface area contributed by atoms with Gasteiger partial charge < -0.3 is 5.32 Å². The minimum absolute atomic E-state index is 0.629. The molecule has 1 aromatic carbocycles. The summed E-state index contributed by atoms with van der Waals surface area (Å²) in [7, 11) is 0. The first-order chi connectivity index (χ1) is 6.24. The molecule has 0 heterocycles. The van der Waals surface area contributed by atoms with E-state index in [0.29, 0.717) is 16.6 Å². The Morgan fingerprint density at radius 1 is 1.31 bits per heavy atom. The van der Waals surface area contributed by atoms with E-state index in [4.69, 9.17) is 34.8 Å². The highest BCUT2D eigenvalue weighted by molar-refractivity contribution is 6.35. The number of benzene rings is 1. The Morgan fingerprint density at radius 3 is 2.77 bits per heavy atom. The fraction of sp³-hybridized carbons (Fsp3) is 0.111. The summed E-state index contributed by atoms with van der Waals surface area (Å²) in [5.41, 5.74) is 2.26. The van der Waals surface area contributed by atoms with Crippen molar-refractivity contribution in [2.24, 2.45) is 0 Å². The quantitative estimate of drug-likeness (QED) is 0.831. The lowest BCUT2D eigenvalue weighted by atomic mass is 10.3. The molecule has 4 heteroatoms. The van der Waals surface area contributed by atoms with Crippen LogP contribution in [0.3, 0.4) is 0 Å². The third-order valence-corrected chi connectivity index (χ3v) is 2.17. The molecule has 13 heavy (non-hydrogen) atoms. The predicted molar refractivity (Wildman–Crippen MR) is 59.9 cm³/mol. The molecule has 0 spiro atoms. The second kappa shape index (κ2) is 5.38. The average molecular weight is 237 g/mol. The van der Waals surface area contributed by atoms with Crippen LogP contribution in [0.15, 0.2) is 29.8 Å². The van der Waals surface area contributed by atoms with Crippen LogP contribution in [0.1, 0.15) is 0 Å². The highest BCUT2D eigenvalue weighted by Crippen LogP contribution is 2.24. The molecule has 0 unspecified atom stereocenters. The summed E-state index contributed by atoms with van der Waals surface area (Å²) in [6, 6.07) is 5.26. The van der Waals surface area contributed by atoms with Crippen LogP contribution < -0.4 is 5.32 Å². The molecule has 0 aliphatic carbocycles. The molecule has 0 aliphatic rings. The van der Waals surface area contributed by atoms with Gasteiger partial charge in [-0.1, -0.05) is 40.9 Å². The smallest absolute Gasteiger partial charge is 0.0638 e. The van der Waals surface area contributed by atoms with E-state index in [1.54, 1.807) is 24.3 Å². The van der Waals surface area contributed by atoms with Crippen LogP contribution >= 0.6 is 34.8 Å². The molecule has 0 saturated heterocycles. The number of anilines is 1. The van der Waals surface area contributed by atoms with Gasteiger partial charge >= 0.3 is 0 Å². The van der Waals surface area contributed by atoms with E-state index in [-0.39, 0.29) is 0 Å². The van der Waals surface area contributed by atoms with E-state index in [2.05, 4.69) is 5.32 Å². The second-order valence-electron chi connectivity index (χ2n) is 2.37. The maximum atomic E-state index is 5.90. The van der Waals surface area contributed by atoms with Gasteiger partial charge in [0.05, 0.1) is 10.7 Å². The zero-order valence-corrected chi connectivity index (χ0v) is 9.00. The van der Waals surface area contributed by atoms with Crippen LogP contribution in [0.4, 0.5) is 5.69 Å². The first-order valence-corrected chi connectivity index (χ1v) is 4.87. The molecule has 0 atom stereocenters. The van der Waals surface area contributed by atoms with Gasteiger partial charge in [0.1, 0.15) is 0 Å². The molecular formula is C9H8Cl3N. The van der Waals surface area contributed by atoms with Crippen molar-refractivity contribution in [3.63, 3.8) is 0 Å². The monoisotopic (exact) mass is 235 g/mol. The van der Waals surface area contributed by atoms with Gasteiger partial charge in [-0.3, -0.25) is 0 Å². The van der Waals surface area contributed by atoms with E-state index >= 15 is 0 Å². The lowest BCUT2D eigenvalue weighted by Gasteiger charge is -2.05. The van der Waals surface area contributed by atoms with Crippen molar-refractivity contribution in [3.8, 4) is 0 Å². The normalized spacial score (nSPS) is 10.7. The molecule has 0 saturated carbocycles. The summed E-state index contributed by atoms with van der Waals surface area (Å²) in [5, 5.41) is 4.37. The summed E-state index contributed by atoms with van der Waals surface area (Å²) in [5.74, 6) is 0. The van der Waals surface area contributed by atoms with Crippen molar-refractivity contribution in [3.05, 3.63) is 39.9 Å². The van der Waals surface area contributed by atoms with Gasteiger partial charge in [-0.15, -0.1) is 0 Å². The molecule has 0 aromatic heterocycles. The Balaban J connectivity index is 2.69. The molecule has 1 aromatic rings. The van der Waals surface area contributed by atoms with Gasteiger partial charge in [0.2, 0.25) is 0 Å². The van der Waals surface area contributed by atoms with Crippen molar-refractivity contribution in [2.75, 3.05) is 11.9 Å². The third-order valence-electron chi connectivity index (χ3n) is 1.43. The maximum Gasteiger partial charge on any atom is 0.0638 e. The Hall–Kier alpha value is -0.370. The van der Waals surface area contributed by atoms with E-state index in [0.717, 1.165) is 5.69 Å². The van der Waals surface area contributed by atoms with E-state index in [1.807, 2.05) is 0 Å². The van der Waals surface area contributed by atoms with Crippen molar-refractivity contribution in [2.45, 2.75) is 0 Å². The number of hydrogen-bond donors (Lipinski definition) is 1. The second-order valence-corrected chi connectivity index (χ2v) is 3.46. The third kappa shape index (κ3) is 3.47. The van der Waals surface area contributed by atoms with Gasteiger partial charge in [0, 0.05) is 17.1 Å². The van der Waals surface area contributed by atoms with Crippen LogP contribution in [0.5, 0.6) is 0 Å². The molecule has 0 bridgehead atoms. The number of nitrogens with one attached hydrogen (secondary N) is 1. The molecule has 0 aliphatic heterocycles. The van der Waals surface area contributed by atoms with Crippen LogP contribution in [0, 0.1) is 0 Å². The Bertz CT molecular complexity index is 310. The molecular weight excluding hydrogens is 228 g/mol. The van der Waals surface area contributed by atoms with E-state index in [9.17, 15) is 0 Å². The zero-order valence-electron chi connectivity index (χ0n) is 6.73. The zero-order chi connectivity index (χ0) is 9.68. The van der Waals surface area contributed by atoms with Gasteiger partial charge in [0.15, 0.2) is 0 Å².